The number of anilines is 2. The van der Waals surface area contributed by atoms with E-state index in [1.54, 1.807) is 0 Å². The smallest absolute Gasteiger partial charge is 0.224 e. The summed E-state index contributed by atoms with van der Waals surface area (Å²) in [5, 5.41) is 6.41. The second-order valence-corrected chi connectivity index (χ2v) is 8.21. The molecule has 0 saturated carbocycles. The quantitative estimate of drug-likeness (QED) is 0.833. The summed E-state index contributed by atoms with van der Waals surface area (Å²) in [5.41, 5.74) is 0.841. The predicted molar refractivity (Wildman–Crippen MR) is 84.9 cm³/mol. The zero-order valence-corrected chi connectivity index (χ0v) is 13.5. The van der Waals surface area contributed by atoms with E-state index in [0.29, 0.717) is 24.7 Å². The summed E-state index contributed by atoms with van der Waals surface area (Å²) in [5.74, 6) is 1.65. The van der Waals surface area contributed by atoms with Crippen LogP contribution in [0.2, 0.25) is 0 Å². The molecule has 0 bridgehead atoms. The number of rotatable bonds is 5. The van der Waals surface area contributed by atoms with Crippen molar-refractivity contribution in [2.45, 2.75) is 38.3 Å². The van der Waals surface area contributed by atoms with Crippen LogP contribution in [-0.2, 0) is 14.6 Å². The second-order valence-electron chi connectivity index (χ2n) is 5.98. The van der Waals surface area contributed by atoms with Crippen LogP contribution in [0.25, 0.3) is 0 Å². The van der Waals surface area contributed by atoms with Crippen molar-refractivity contribution in [1.29, 1.82) is 0 Å². The molecule has 1 aromatic heterocycles. The van der Waals surface area contributed by atoms with E-state index in [4.69, 9.17) is 4.74 Å². The number of hydrogen-bond donors (Lipinski definition) is 2. The molecule has 2 aliphatic heterocycles. The second kappa shape index (κ2) is 6.37. The van der Waals surface area contributed by atoms with Gasteiger partial charge in [0.1, 0.15) is 5.82 Å². The highest BCUT2D eigenvalue weighted by Gasteiger charge is 2.28. The van der Waals surface area contributed by atoms with Crippen LogP contribution in [-0.4, -0.2) is 55.2 Å². The van der Waals surface area contributed by atoms with Crippen LogP contribution < -0.4 is 10.6 Å². The van der Waals surface area contributed by atoms with Gasteiger partial charge in [-0.15, -0.1) is 0 Å². The average molecular weight is 326 g/mol. The predicted octanol–water partition coefficient (Wildman–Crippen LogP) is 0.975. The number of nitrogens with zero attached hydrogens (tertiary/aromatic N) is 2. The Labute approximate surface area is 130 Å². The van der Waals surface area contributed by atoms with Gasteiger partial charge in [0.15, 0.2) is 9.84 Å². The van der Waals surface area contributed by atoms with Gasteiger partial charge in [0.2, 0.25) is 5.95 Å². The molecule has 0 amide bonds. The summed E-state index contributed by atoms with van der Waals surface area (Å²) < 4.78 is 28.6. The fourth-order valence-corrected chi connectivity index (χ4v) is 4.52. The summed E-state index contributed by atoms with van der Waals surface area (Å²) in [6.45, 7) is 3.42. The fourth-order valence-electron chi connectivity index (χ4n) is 2.85. The summed E-state index contributed by atoms with van der Waals surface area (Å²) >= 11 is 0. The molecule has 2 unspecified atom stereocenters. The van der Waals surface area contributed by atoms with Crippen molar-refractivity contribution in [2.24, 2.45) is 0 Å². The lowest BCUT2D eigenvalue weighted by molar-refractivity contribution is 0.120. The van der Waals surface area contributed by atoms with E-state index in [1.807, 2.05) is 13.0 Å². The molecular weight excluding hydrogens is 304 g/mol. The van der Waals surface area contributed by atoms with E-state index < -0.39 is 9.84 Å². The van der Waals surface area contributed by atoms with Gasteiger partial charge in [-0.1, -0.05) is 0 Å². The normalized spacial score (nSPS) is 27.0. The molecule has 0 aromatic carbocycles. The third-order valence-corrected chi connectivity index (χ3v) is 5.72. The van der Waals surface area contributed by atoms with E-state index >= 15 is 0 Å². The van der Waals surface area contributed by atoms with Gasteiger partial charge in [0.25, 0.3) is 0 Å². The molecule has 2 saturated heterocycles. The van der Waals surface area contributed by atoms with Gasteiger partial charge in [-0.2, -0.15) is 4.98 Å². The van der Waals surface area contributed by atoms with Crippen molar-refractivity contribution < 1.29 is 13.2 Å². The van der Waals surface area contributed by atoms with Gasteiger partial charge in [-0.05, 0) is 26.2 Å². The van der Waals surface area contributed by atoms with Crippen molar-refractivity contribution >= 4 is 21.6 Å². The Morgan fingerprint density at radius 3 is 2.91 bits per heavy atom. The molecule has 2 atom stereocenters. The largest absolute Gasteiger partial charge is 0.376 e. The van der Waals surface area contributed by atoms with Crippen molar-refractivity contribution in [3.8, 4) is 0 Å². The lowest BCUT2D eigenvalue weighted by Gasteiger charge is -2.15. The standard InChI is InChI=1S/C14H22N4O3S/c1-10-7-13(17-11-4-6-22(19,20)9-11)18-14(16-10)15-8-12-3-2-5-21-12/h7,11-12H,2-6,8-9H2,1H3,(H2,15,16,17,18). The molecule has 2 aliphatic rings. The van der Waals surface area contributed by atoms with Gasteiger partial charge < -0.3 is 15.4 Å². The van der Waals surface area contributed by atoms with Crippen molar-refractivity contribution in [1.82, 2.24) is 9.97 Å². The maximum atomic E-state index is 11.5. The van der Waals surface area contributed by atoms with Crippen LogP contribution in [0.4, 0.5) is 11.8 Å². The van der Waals surface area contributed by atoms with Gasteiger partial charge in [-0.3, -0.25) is 0 Å². The molecule has 1 aromatic rings. The molecular formula is C14H22N4O3S. The highest BCUT2D eigenvalue weighted by molar-refractivity contribution is 7.91. The molecule has 2 fully saturated rings. The van der Waals surface area contributed by atoms with Crippen LogP contribution in [0, 0.1) is 6.92 Å². The first kappa shape index (κ1) is 15.5. The SMILES string of the molecule is Cc1cc(NC2CCS(=O)(=O)C2)nc(NCC2CCCO2)n1. The molecule has 2 N–H and O–H groups in total. The summed E-state index contributed by atoms with van der Waals surface area (Å²) in [6.07, 6.45) is 3.01. The maximum absolute atomic E-state index is 11.5. The summed E-state index contributed by atoms with van der Waals surface area (Å²) in [4.78, 5) is 8.78. The van der Waals surface area contributed by atoms with Crippen LogP contribution in [0.3, 0.4) is 0 Å². The molecule has 0 spiro atoms. The zero-order valence-electron chi connectivity index (χ0n) is 12.7. The zero-order chi connectivity index (χ0) is 15.6. The topological polar surface area (TPSA) is 93.2 Å². The Balaban J connectivity index is 1.62. The van der Waals surface area contributed by atoms with Crippen LogP contribution in [0.1, 0.15) is 25.0 Å². The molecule has 3 rings (SSSR count). The monoisotopic (exact) mass is 326 g/mol. The molecule has 3 heterocycles. The van der Waals surface area contributed by atoms with E-state index in [1.165, 1.54) is 0 Å². The van der Waals surface area contributed by atoms with Gasteiger partial charge >= 0.3 is 0 Å². The number of aromatic nitrogens is 2. The van der Waals surface area contributed by atoms with Crippen molar-refractivity contribution in [2.75, 3.05) is 35.3 Å². The van der Waals surface area contributed by atoms with E-state index in [0.717, 1.165) is 25.1 Å². The van der Waals surface area contributed by atoms with Gasteiger partial charge in [0.05, 0.1) is 17.6 Å². The molecule has 22 heavy (non-hydrogen) atoms. The average Bonchev–Trinajstić information content (AvgIpc) is 3.05. The molecule has 7 nitrogen and oxygen atoms in total. The Kier molecular flexibility index (Phi) is 4.49. The minimum Gasteiger partial charge on any atom is -0.376 e. The Bertz CT molecular complexity index is 629. The Hall–Kier alpha value is -1.41. The number of aryl methyl sites for hydroxylation is 1. The molecule has 0 radical (unpaired) electrons. The number of sulfone groups is 1. The summed E-state index contributed by atoms with van der Waals surface area (Å²) in [6, 6.07) is 1.77. The molecule has 0 aliphatic carbocycles. The fraction of sp³-hybridized carbons (Fsp3) is 0.714. The first-order valence-electron chi connectivity index (χ1n) is 7.68. The van der Waals surface area contributed by atoms with Crippen molar-refractivity contribution in [3.05, 3.63) is 11.8 Å². The van der Waals surface area contributed by atoms with E-state index in [9.17, 15) is 8.42 Å². The number of nitrogens with one attached hydrogen (secondary N) is 2. The molecule has 122 valence electrons. The Morgan fingerprint density at radius 2 is 2.23 bits per heavy atom. The van der Waals surface area contributed by atoms with Gasteiger partial charge in [0, 0.05) is 31.0 Å². The first-order valence-corrected chi connectivity index (χ1v) is 9.50. The lowest BCUT2D eigenvalue weighted by atomic mass is 10.2. The van der Waals surface area contributed by atoms with Crippen molar-refractivity contribution in [3.63, 3.8) is 0 Å². The van der Waals surface area contributed by atoms with Crippen LogP contribution >= 0.6 is 0 Å². The number of ether oxygens (including phenoxy) is 1. The van der Waals surface area contributed by atoms with E-state index in [2.05, 4.69) is 20.6 Å². The minimum absolute atomic E-state index is 0.0645. The maximum Gasteiger partial charge on any atom is 0.224 e. The first-order chi connectivity index (χ1) is 10.5. The number of hydrogen-bond acceptors (Lipinski definition) is 7. The lowest BCUT2D eigenvalue weighted by Crippen LogP contribution is -2.23. The highest BCUT2D eigenvalue weighted by atomic mass is 32.2. The third-order valence-electron chi connectivity index (χ3n) is 3.95. The third kappa shape index (κ3) is 4.07. The van der Waals surface area contributed by atoms with Gasteiger partial charge in [-0.25, -0.2) is 13.4 Å². The van der Waals surface area contributed by atoms with Crippen LogP contribution in [0.5, 0.6) is 0 Å². The van der Waals surface area contributed by atoms with E-state index in [-0.39, 0.29) is 23.7 Å². The Morgan fingerprint density at radius 1 is 1.36 bits per heavy atom. The highest BCUT2D eigenvalue weighted by Crippen LogP contribution is 2.18. The minimum atomic E-state index is -2.90. The molecule has 8 heteroatoms. The van der Waals surface area contributed by atoms with Crippen LogP contribution in [0.15, 0.2) is 6.07 Å². The summed E-state index contributed by atoms with van der Waals surface area (Å²) in [7, 11) is -2.90.